The van der Waals surface area contributed by atoms with Crippen molar-refractivity contribution in [2.45, 2.75) is 6.92 Å². The largest absolute Gasteiger partial charge is 0.365 e. The molecular weight excluding hydrogens is 252 g/mol. The third kappa shape index (κ3) is 1.90. The molecule has 6 heteroatoms. The van der Waals surface area contributed by atoms with Gasteiger partial charge >= 0.3 is 0 Å². The van der Waals surface area contributed by atoms with E-state index in [1.807, 2.05) is 0 Å². The number of carbonyl (C=O) groups excluding carboxylic acids is 1. The van der Waals surface area contributed by atoms with Gasteiger partial charge in [0.25, 0.3) is 11.6 Å². The van der Waals surface area contributed by atoms with Crippen LogP contribution in [-0.2, 0) is 0 Å². The maximum atomic E-state index is 10.9. The fourth-order valence-corrected chi connectivity index (χ4v) is 1.74. The number of benzene rings is 1. The number of amides is 1. The van der Waals surface area contributed by atoms with Crippen LogP contribution in [0.3, 0.4) is 0 Å². The Kier molecular flexibility index (Phi) is 2.85. The lowest BCUT2D eigenvalue weighted by Gasteiger charge is -2.02. The first kappa shape index (κ1) is 10.6. The van der Waals surface area contributed by atoms with Crippen molar-refractivity contribution in [3.63, 3.8) is 0 Å². The quantitative estimate of drug-likeness (QED) is 0.648. The second-order valence-electron chi connectivity index (χ2n) is 2.74. The maximum Gasteiger partial charge on any atom is 0.285 e. The Bertz CT molecular complexity index is 417. The summed E-state index contributed by atoms with van der Waals surface area (Å²) in [4.78, 5) is 21.0. The topological polar surface area (TPSA) is 86.2 Å². The lowest BCUT2D eigenvalue weighted by atomic mass is 10.1. The van der Waals surface area contributed by atoms with Crippen molar-refractivity contribution in [3.8, 4) is 0 Å². The number of aryl methyl sites for hydroxylation is 1. The van der Waals surface area contributed by atoms with Crippen LogP contribution in [0.5, 0.6) is 0 Å². The molecule has 0 saturated carbocycles. The highest BCUT2D eigenvalue weighted by atomic mass is 79.9. The Morgan fingerprint density at radius 2 is 2.14 bits per heavy atom. The van der Waals surface area contributed by atoms with Crippen LogP contribution in [0.25, 0.3) is 0 Å². The maximum absolute atomic E-state index is 10.9. The number of carbonyl (C=O) groups is 1. The molecule has 0 aliphatic heterocycles. The van der Waals surface area contributed by atoms with E-state index < -0.39 is 10.8 Å². The van der Waals surface area contributed by atoms with Crippen molar-refractivity contribution in [1.29, 1.82) is 0 Å². The van der Waals surface area contributed by atoms with Gasteiger partial charge in [-0.15, -0.1) is 0 Å². The summed E-state index contributed by atoms with van der Waals surface area (Å²) >= 11 is 3.13. The van der Waals surface area contributed by atoms with E-state index in [-0.39, 0.29) is 11.3 Å². The number of primary amides is 1. The lowest BCUT2D eigenvalue weighted by Crippen LogP contribution is -2.14. The fraction of sp³-hybridized carbons (Fsp3) is 0.125. The molecule has 2 N–H and O–H groups in total. The molecular formula is C8H7BrN2O3. The highest BCUT2D eigenvalue weighted by molar-refractivity contribution is 9.10. The average Bonchev–Trinajstić information content (AvgIpc) is 2.01. The molecule has 14 heavy (non-hydrogen) atoms. The van der Waals surface area contributed by atoms with Crippen LogP contribution in [-0.4, -0.2) is 10.8 Å². The normalized spacial score (nSPS) is 9.86. The number of rotatable bonds is 2. The van der Waals surface area contributed by atoms with E-state index in [4.69, 9.17) is 5.73 Å². The Balaban J connectivity index is 3.52. The number of nitro groups is 1. The van der Waals surface area contributed by atoms with E-state index in [2.05, 4.69) is 15.9 Å². The molecule has 1 rings (SSSR count). The van der Waals surface area contributed by atoms with Crippen LogP contribution in [0, 0.1) is 17.0 Å². The van der Waals surface area contributed by atoms with Gasteiger partial charge in [0.1, 0.15) is 5.56 Å². The summed E-state index contributed by atoms with van der Waals surface area (Å²) in [7, 11) is 0. The first-order valence-corrected chi connectivity index (χ1v) is 4.47. The van der Waals surface area contributed by atoms with Crippen molar-refractivity contribution in [2.75, 3.05) is 0 Å². The summed E-state index contributed by atoms with van der Waals surface area (Å²) in [5.41, 5.74) is 5.11. The minimum Gasteiger partial charge on any atom is -0.365 e. The third-order valence-electron chi connectivity index (χ3n) is 1.71. The molecule has 1 aromatic rings. The van der Waals surface area contributed by atoms with Crippen LogP contribution in [0.15, 0.2) is 16.6 Å². The van der Waals surface area contributed by atoms with Gasteiger partial charge in [-0.1, -0.05) is 15.9 Å². The molecule has 5 nitrogen and oxygen atoms in total. The van der Waals surface area contributed by atoms with E-state index in [1.165, 1.54) is 6.07 Å². The summed E-state index contributed by atoms with van der Waals surface area (Å²) < 4.78 is 0.592. The molecule has 0 spiro atoms. The van der Waals surface area contributed by atoms with E-state index in [0.29, 0.717) is 10.0 Å². The Morgan fingerprint density at radius 3 is 2.57 bits per heavy atom. The van der Waals surface area contributed by atoms with Crippen LogP contribution in [0.4, 0.5) is 5.69 Å². The van der Waals surface area contributed by atoms with E-state index in [0.717, 1.165) is 0 Å². The van der Waals surface area contributed by atoms with E-state index in [9.17, 15) is 14.9 Å². The number of hydrogen-bond donors (Lipinski definition) is 1. The van der Waals surface area contributed by atoms with Gasteiger partial charge in [0, 0.05) is 10.0 Å². The minimum atomic E-state index is -0.805. The third-order valence-corrected chi connectivity index (χ3v) is 2.17. The van der Waals surface area contributed by atoms with Crippen molar-refractivity contribution in [3.05, 3.63) is 37.8 Å². The molecule has 0 heterocycles. The molecule has 74 valence electrons. The number of halogens is 1. The van der Waals surface area contributed by atoms with E-state index >= 15 is 0 Å². The van der Waals surface area contributed by atoms with Crippen LogP contribution in [0.1, 0.15) is 15.9 Å². The highest BCUT2D eigenvalue weighted by Gasteiger charge is 2.21. The zero-order valence-corrected chi connectivity index (χ0v) is 8.87. The average molecular weight is 259 g/mol. The van der Waals surface area contributed by atoms with Crippen molar-refractivity contribution in [2.24, 2.45) is 5.73 Å². The first-order valence-electron chi connectivity index (χ1n) is 3.68. The molecule has 0 radical (unpaired) electrons. The molecule has 0 saturated heterocycles. The van der Waals surface area contributed by atoms with Crippen LogP contribution in [0.2, 0.25) is 0 Å². The van der Waals surface area contributed by atoms with Crippen molar-refractivity contribution in [1.82, 2.24) is 0 Å². The summed E-state index contributed by atoms with van der Waals surface area (Å²) in [6, 6.07) is 2.90. The molecule has 0 unspecified atom stereocenters. The van der Waals surface area contributed by atoms with Crippen LogP contribution < -0.4 is 5.73 Å². The van der Waals surface area contributed by atoms with Gasteiger partial charge < -0.3 is 5.73 Å². The number of nitrogens with zero attached hydrogens (tertiary/aromatic N) is 1. The van der Waals surface area contributed by atoms with Gasteiger partial charge in [-0.05, 0) is 19.1 Å². The molecule has 1 amide bonds. The zero-order chi connectivity index (χ0) is 10.9. The molecule has 0 aromatic heterocycles. The molecule has 0 fully saturated rings. The SMILES string of the molecule is Cc1cc(Br)cc(C(N)=O)c1[N+](=O)[O-]. The first-order chi connectivity index (χ1) is 6.43. The Labute approximate surface area is 88.2 Å². The number of hydrogen-bond acceptors (Lipinski definition) is 3. The predicted octanol–water partition coefficient (Wildman–Crippen LogP) is 1.76. The van der Waals surface area contributed by atoms with Crippen LogP contribution >= 0.6 is 15.9 Å². The molecule has 0 aliphatic carbocycles. The highest BCUT2D eigenvalue weighted by Crippen LogP contribution is 2.27. The number of nitro benzene ring substituents is 1. The summed E-state index contributed by atoms with van der Waals surface area (Å²) in [6.45, 7) is 1.55. The van der Waals surface area contributed by atoms with Gasteiger partial charge in [-0.3, -0.25) is 14.9 Å². The molecule has 0 aliphatic rings. The van der Waals surface area contributed by atoms with Gasteiger partial charge in [0.2, 0.25) is 0 Å². The monoisotopic (exact) mass is 258 g/mol. The minimum absolute atomic E-state index is 0.0816. The lowest BCUT2D eigenvalue weighted by molar-refractivity contribution is -0.385. The van der Waals surface area contributed by atoms with Gasteiger partial charge in [-0.25, -0.2) is 0 Å². The van der Waals surface area contributed by atoms with Crippen molar-refractivity contribution >= 4 is 27.5 Å². The Hall–Kier alpha value is -1.43. The second kappa shape index (κ2) is 3.75. The summed E-state index contributed by atoms with van der Waals surface area (Å²) in [5, 5.41) is 10.6. The standard InChI is InChI=1S/C8H7BrN2O3/c1-4-2-5(9)3-6(8(10)12)7(4)11(13)14/h2-3H,1H3,(H2,10,12). The molecule has 0 bridgehead atoms. The van der Waals surface area contributed by atoms with Crippen molar-refractivity contribution < 1.29 is 9.72 Å². The van der Waals surface area contributed by atoms with Gasteiger partial charge in [0.15, 0.2) is 0 Å². The molecule has 0 atom stereocenters. The Morgan fingerprint density at radius 1 is 1.57 bits per heavy atom. The number of nitrogens with two attached hydrogens (primary N) is 1. The smallest absolute Gasteiger partial charge is 0.285 e. The second-order valence-corrected chi connectivity index (χ2v) is 3.66. The zero-order valence-electron chi connectivity index (χ0n) is 7.28. The predicted molar refractivity (Wildman–Crippen MR) is 54.1 cm³/mol. The fourth-order valence-electron chi connectivity index (χ4n) is 1.17. The van der Waals surface area contributed by atoms with E-state index in [1.54, 1.807) is 13.0 Å². The summed E-state index contributed by atoms with van der Waals surface area (Å²) in [6.07, 6.45) is 0. The molecule has 1 aromatic carbocycles. The van der Waals surface area contributed by atoms with Gasteiger partial charge in [0.05, 0.1) is 4.92 Å². The van der Waals surface area contributed by atoms with Gasteiger partial charge in [-0.2, -0.15) is 0 Å². The summed E-state index contributed by atoms with van der Waals surface area (Å²) in [5.74, 6) is -0.805.